The van der Waals surface area contributed by atoms with Crippen LogP contribution in [-0.2, 0) is 0 Å². The van der Waals surface area contributed by atoms with Crippen molar-refractivity contribution < 1.29 is 0 Å². The zero-order chi connectivity index (χ0) is 14.3. The number of rotatable bonds is 1. The molecule has 5 nitrogen and oxygen atoms in total. The fourth-order valence-electron chi connectivity index (χ4n) is 1.26. The van der Waals surface area contributed by atoms with Crippen LogP contribution in [0.5, 0.6) is 0 Å². The molecule has 0 saturated carbocycles. The molecular weight excluding hydrogens is 262 g/mol. The predicted molar refractivity (Wildman–Crippen MR) is 77.6 cm³/mol. The molecule has 0 aliphatic carbocycles. The standard InChI is InChI=1S/C11H10ClN5.C2H6/c12-9-6-7-10(13)17(16-9)11(14)15-8-4-2-1-3-5-8;1-2/h1-7,13H,(H2,14,15);1-2H3. The highest BCUT2D eigenvalue weighted by atomic mass is 35.5. The van der Waals surface area contributed by atoms with E-state index >= 15 is 0 Å². The van der Waals surface area contributed by atoms with E-state index in [4.69, 9.17) is 22.7 Å². The number of aromatic nitrogens is 2. The van der Waals surface area contributed by atoms with Crippen LogP contribution in [0.25, 0.3) is 0 Å². The number of nitrogens with one attached hydrogen (secondary N) is 1. The molecule has 1 heterocycles. The Labute approximate surface area is 116 Å². The second kappa shape index (κ2) is 7.33. The minimum atomic E-state index is 0.101. The summed E-state index contributed by atoms with van der Waals surface area (Å²) in [6.45, 7) is 4.00. The van der Waals surface area contributed by atoms with Crippen molar-refractivity contribution in [2.75, 3.05) is 0 Å². The molecule has 1 aromatic carbocycles. The average molecular weight is 278 g/mol. The van der Waals surface area contributed by atoms with Crippen LogP contribution in [-0.4, -0.2) is 15.7 Å². The molecule has 0 atom stereocenters. The van der Waals surface area contributed by atoms with E-state index in [1.807, 2.05) is 44.2 Å². The van der Waals surface area contributed by atoms with Gasteiger partial charge in [0.05, 0.1) is 5.69 Å². The molecule has 0 fully saturated rings. The summed E-state index contributed by atoms with van der Waals surface area (Å²) >= 11 is 5.74. The lowest BCUT2D eigenvalue weighted by Crippen LogP contribution is -2.34. The van der Waals surface area contributed by atoms with Crippen molar-refractivity contribution in [3.63, 3.8) is 0 Å². The topological polar surface area (TPSA) is 80.0 Å². The molecule has 0 aliphatic rings. The van der Waals surface area contributed by atoms with E-state index in [1.54, 1.807) is 0 Å². The molecule has 0 aliphatic heterocycles. The van der Waals surface area contributed by atoms with Gasteiger partial charge in [-0.2, -0.15) is 9.78 Å². The van der Waals surface area contributed by atoms with Crippen molar-refractivity contribution >= 4 is 23.2 Å². The van der Waals surface area contributed by atoms with Gasteiger partial charge in [-0.3, -0.25) is 5.41 Å². The van der Waals surface area contributed by atoms with Gasteiger partial charge < -0.3 is 5.73 Å². The maximum Gasteiger partial charge on any atom is 0.223 e. The summed E-state index contributed by atoms with van der Waals surface area (Å²) in [5, 5.41) is 11.8. The number of nitrogens with two attached hydrogens (primary N) is 1. The second-order valence-electron chi connectivity index (χ2n) is 3.26. The molecule has 0 bridgehead atoms. The van der Waals surface area contributed by atoms with E-state index in [0.29, 0.717) is 5.69 Å². The minimum Gasteiger partial charge on any atom is -0.368 e. The summed E-state index contributed by atoms with van der Waals surface area (Å²) < 4.78 is 1.18. The van der Waals surface area contributed by atoms with Crippen molar-refractivity contribution in [3.8, 4) is 0 Å². The summed E-state index contributed by atoms with van der Waals surface area (Å²) in [6.07, 6.45) is 0. The van der Waals surface area contributed by atoms with Crippen molar-refractivity contribution in [1.29, 1.82) is 5.41 Å². The molecule has 0 unspecified atom stereocenters. The quantitative estimate of drug-likeness (QED) is 0.620. The maximum atomic E-state index is 7.64. The Balaban J connectivity index is 0.000000861. The van der Waals surface area contributed by atoms with Crippen LogP contribution < -0.4 is 11.2 Å². The van der Waals surface area contributed by atoms with Crippen LogP contribution in [0.15, 0.2) is 47.5 Å². The number of halogens is 1. The monoisotopic (exact) mass is 277 g/mol. The summed E-state index contributed by atoms with van der Waals surface area (Å²) in [7, 11) is 0. The van der Waals surface area contributed by atoms with Gasteiger partial charge in [0, 0.05) is 0 Å². The number of aliphatic imine (C=N–C) groups is 1. The van der Waals surface area contributed by atoms with Crippen LogP contribution in [0, 0.1) is 5.41 Å². The smallest absolute Gasteiger partial charge is 0.223 e. The van der Waals surface area contributed by atoms with Gasteiger partial charge in [-0.15, -0.1) is 0 Å². The molecule has 0 amide bonds. The summed E-state index contributed by atoms with van der Waals surface area (Å²) in [5.74, 6) is 0.101. The molecule has 2 aromatic rings. The van der Waals surface area contributed by atoms with Gasteiger partial charge in [0.15, 0.2) is 0 Å². The molecule has 0 radical (unpaired) electrons. The first kappa shape index (κ1) is 14.9. The summed E-state index contributed by atoms with van der Waals surface area (Å²) in [6, 6.07) is 12.2. The Morgan fingerprint density at radius 1 is 1.21 bits per heavy atom. The predicted octanol–water partition coefficient (Wildman–Crippen LogP) is 2.54. The molecule has 100 valence electrons. The first-order chi connectivity index (χ1) is 9.16. The lowest BCUT2D eigenvalue weighted by atomic mass is 10.3. The molecule has 0 saturated heterocycles. The van der Waals surface area contributed by atoms with E-state index < -0.39 is 0 Å². The largest absolute Gasteiger partial charge is 0.368 e. The van der Waals surface area contributed by atoms with Crippen molar-refractivity contribution in [3.05, 3.63) is 53.1 Å². The second-order valence-corrected chi connectivity index (χ2v) is 3.65. The van der Waals surface area contributed by atoms with Crippen LogP contribution in [0.3, 0.4) is 0 Å². The highest BCUT2D eigenvalue weighted by Crippen LogP contribution is 2.09. The van der Waals surface area contributed by atoms with E-state index in [9.17, 15) is 0 Å². The maximum absolute atomic E-state index is 7.64. The first-order valence-corrected chi connectivity index (χ1v) is 6.25. The molecule has 2 rings (SSSR count). The lowest BCUT2D eigenvalue weighted by molar-refractivity contribution is 0.807. The zero-order valence-corrected chi connectivity index (χ0v) is 11.6. The van der Waals surface area contributed by atoms with E-state index in [-0.39, 0.29) is 16.6 Å². The van der Waals surface area contributed by atoms with Gasteiger partial charge in [-0.1, -0.05) is 43.6 Å². The number of benzene rings is 1. The normalized spacial score (nSPS) is 10.6. The van der Waals surface area contributed by atoms with Gasteiger partial charge in [-0.25, -0.2) is 4.99 Å². The van der Waals surface area contributed by atoms with Crippen LogP contribution in [0.2, 0.25) is 5.15 Å². The molecule has 3 N–H and O–H groups in total. The van der Waals surface area contributed by atoms with Gasteiger partial charge in [-0.05, 0) is 24.3 Å². The number of hydrogen-bond donors (Lipinski definition) is 2. The van der Waals surface area contributed by atoms with Crippen LogP contribution >= 0.6 is 11.6 Å². The fourth-order valence-corrected chi connectivity index (χ4v) is 1.40. The number of para-hydroxylation sites is 1. The van der Waals surface area contributed by atoms with Crippen molar-refractivity contribution in [2.45, 2.75) is 13.8 Å². The third kappa shape index (κ3) is 4.22. The molecule has 19 heavy (non-hydrogen) atoms. The highest BCUT2D eigenvalue weighted by molar-refractivity contribution is 6.29. The van der Waals surface area contributed by atoms with Crippen molar-refractivity contribution in [2.24, 2.45) is 10.7 Å². The Kier molecular flexibility index (Phi) is 5.75. The van der Waals surface area contributed by atoms with Crippen molar-refractivity contribution in [1.82, 2.24) is 9.78 Å². The van der Waals surface area contributed by atoms with Crippen LogP contribution in [0.4, 0.5) is 5.69 Å². The van der Waals surface area contributed by atoms with E-state index in [1.165, 1.54) is 16.8 Å². The number of hydrogen-bond acceptors (Lipinski definition) is 3. The van der Waals surface area contributed by atoms with Gasteiger partial charge in [0.1, 0.15) is 10.6 Å². The average Bonchev–Trinajstić information content (AvgIpc) is 2.45. The lowest BCUT2D eigenvalue weighted by Gasteiger charge is -2.04. The third-order valence-electron chi connectivity index (χ3n) is 2.02. The molecular formula is C13H16ClN5. The van der Waals surface area contributed by atoms with Gasteiger partial charge in [0.2, 0.25) is 5.96 Å². The van der Waals surface area contributed by atoms with E-state index in [2.05, 4.69) is 10.1 Å². The van der Waals surface area contributed by atoms with Gasteiger partial charge in [0.25, 0.3) is 0 Å². The Morgan fingerprint density at radius 3 is 2.47 bits per heavy atom. The Hall–Kier alpha value is -2.14. The number of nitrogens with zero attached hydrogens (tertiary/aromatic N) is 3. The van der Waals surface area contributed by atoms with Crippen LogP contribution in [0.1, 0.15) is 13.8 Å². The third-order valence-corrected chi connectivity index (χ3v) is 2.22. The zero-order valence-electron chi connectivity index (χ0n) is 10.8. The Morgan fingerprint density at radius 2 is 1.84 bits per heavy atom. The SMILES string of the molecule is CC.N=c1ccc(Cl)nn1C(N)=Nc1ccccc1. The Bertz CT molecular complexity index is 604. The summed E-state index contributed by atoms with van der Waals surface area (Å²) in [4.78, 5) is 4.15. The summed E-state index contributed by atoms with van der Waals surface area (Å²) in [5.41, 5.74) is 6.58. The molecule has 6 heteroatoms. The molecule has 1 aromatic heterocycles. The highest BCUT2D eigenvalue weighted by Gasteiger charge is 2.00. The fraction of sp³-hybridized carbons (Fsp3) is 0.154. The van der Waals surface area contributed by atoms with E-state index in [0.717, 1.165) is 0 Å². The first-order valence-electron chi connectivity index (χ1n) is 5.87. The molecule has 0 spiro atoms. The minimum absolute atomic E-state index is 0.101. The van der Waals surface area contributed by atoms with Gasteiger partial charge >= 0.3 is 0 Å².